The van der Waals surface area contributed by atoms with E-state index in [2.05, 4.69) is 20.2 Å². The van der Waals surface area contributed by atoms with Crippen LogP contribution in [-0.2, 0) is 0 Å². The number of rotatable bonds is 4. The van der Waals surface area contributed by atoms with Crippen molar-refractivity contribution in [3.05, 3.63) is 41.7 Å². The Hall–Kier alpha value is -2.63. The van der Waals surface area contributed by atoms with Gasteiger partial charge >= 0.3 is 0 Å². The fourth-order valence-electron chi connectivity index (χ4n) is 2.94. The Morgan fingerprint density at radius 2 is 1.76 bits per heavy atom. The number of amides is 1. The maximum Gasteiger partial charge on any atom is 0.274 e. The van der Waals surface area contributed by atoms with E-state index in [0.29, 0.717) is 11.6 Å². The molecule has 1 fully saturated rings. The normalized spacial score (nSPS) is 14.3. The van der Waals surface area contributed by atoms with Gasteiger partial charge in [0.25, 0.3) is 5.91 Å². The maximum atomic E-state index is 12.6. The second kappa shape index (κ2) is 7.51. The van der Waals surface area contributed by atoms with E-state index in [9.17, 15) is 4.79 Å². The SMILES string of the molecule is Cc1cc(C(=O)Nc2ccc(N(C)C)cc2)nc(N2CCCCC2)n1. The predicted octanol–water partition coefficient (Wildman–Crippen LogP) is 3.09. The molecule has 0 aliphatic carbocycles. The second-order valence-electron chi connectivity index (χ2n) is 6.64. The zero-order valence-electron chi connectivity index (χ0n) is 15.1. The van der Waals surface area contributed by atoms with Gasteiger partial charge in [0, 0.05) is 44.3 Å². The maximum absolute atomic E-state index is 12.6. The molecule has 2 aromatic rings. The van der Waals surface area contributed by atoms with Gasteiger partial charge in [0.05, 0.1) is 0 Å². The van der Waals surface area contributed by atoms with Crippen molar-refractivity contribution < 1.29 is 4.79 Å². The van der Waals surface area contributed by atoms with Gasteiger partial charge in [-0.25, -0.2) is 9.97 Å². The van der Waals surface area contributed by atoms with E-state index < -0.39 is 0 Å². The van der Waals surface area contributed by atoms with Gasteiger partial charge in [0.15, 0.2) is 0 Å². The molecule has 0 spiro atoms. The summed E-state index contributed by atoms with van der Waals surface area (Å²) in [5.74, 6) is 0.453. The first-order chi connectivity index (χ1) is 12.0. The van der Waals surface area contributed by atoms with Crippen molar-refractivity contribution in [2.45, 2.75) is 26.2 Å². The van der Waals surface area contributed by atoms with Crippen LogP contribution in [0.25, 0.3) is 0 Å². The number of nitrogens with zero attached hydrogens (tertiary/aromatic N) is 4. The zero-order chi connectivity index (χ0) is 17.8. The molecule has 6 nitrogen and oxygen atoms in total. The molecule has 25 heavy (non-hydrogen) atoms. The Labute approximate surface area is 148 Å². The Morgan fingerprint density at radius 3 is 2.40 bits per heavy atom. The van der Waals surface area contributed by atoms with Gasteiger partial charge in [-0.3, -0.25) is 4.79 Å². The number of benzene rings is 1. The van der Waals surface area contributed by atoms with Crippen LogP contribution in [0.2, 0.25) is 0 Å². The Morgan fingerprint density at radius 1 is 1.08 bits per heavy atom. The van der Waals surface area contributed by atoms with Crippen molar-refractivity contribution in [3.63, 3.8) is 0 Å². The summed E-state index contributed by atoms with van der Waals surface area (Å²) in [6.45, 7) is 3.81. The second-order valence-corrected chi connectivity index (χ2v) is 6.64. The number of carbonyl (C=O) groups is 1. The molecular formula is C19H25N5O. The third-order valence-corrected chi connectivity index (χ3v) is 4.36. The first kappa shape index (κ1) is 17.2. The molecule has 132 valence electrons. The van der Waals surface area contributed by atoms with Crippen molar-refractivity contribution in [3.8, 4) is 0 Å². The molecule has 0 atom stereocenters. The number of aromatic nitrogens is 2. The van der Waals surface area contributed by atoms with Crippen LogP contribution in [0.1, 0.15) is 35.4 Å². The molecular weight excluding hydrogens is 314 g/mol. The van der Waals surface area contributed by atoms with E-state index >= 15 is 0 Å². The van der Waals surface area contributed by atoms with Crippen LogP contribution < -0.4 is 15.1 Å². The third kappa shape index (κ3) is 4.26. The summed E-state index contributed by atoms with van der Waals surface area (Å²) < 4.78 is 0. The topological polar surface area (TPSA) is 61.4 Å². The molecule has 1 aliphatic heterocycles. The van der Waals surface area contributed by atoms with Crippen LogP contribution >= 0.6 is 0 Å². The number of hydrogen-bond acceptors (Lipinski definition) is 5. The Bertz CT molecular complexity index is 736. The minimum absolute atomic E-state index is 0.207. The average molecular weight is 339 g/mol. The first-order valence-corrected chi connectivity index (χ1v) is 8.72. The molecule has 2 heterocycles. The number of carbonyl (C=O) groups excluding carboxylic acids is 1. The van der Waals surface area contributed by atoms with Gasteiger partial charge in [-0.2, -0.15) is 0 Å². The van der Waals surface area contributed by atoms with Crippen molar-refractivity contribution in [2.75, 3.05) is 42.3 Å². The van der Waals surface area contributed by atoms with Crippen molar-refractivity contribution >= 4 is 23.2 Å². The van der Waals surface area contributed by atoms with Gasteiger partial charge in [-0.15, -0.1) is 0 Å². The summed E-state index contributed by atoms with van der Waals surface area (Å²) in [7, 11) is 3.97. The van der Waals surface area contributed by atoms with Crippen molar-refractivity contribution in [1.29, 1.82) is 0 Å². The van der Waals surface area contributed by atoms with Gasteiger partial charge in [-0.05, 0) is 56.5 Å². The molecule has 1 saturated heterocycles. The number of nitrogens with one attached hydrogen (secondary N) is 1. The quantitative estimate of drug-likeness (QED) is 0.927. The summed E-state index contributed by atoms with van der Waals surface area (Å²) in [5.41, 5.74) is 3.06. The average Bonchev–Trinajstić information content (AvgIpc) is 2.62. The molecule has 1 aliphatic rings. The van der Waals surface area contributed by atoms with Gasteiger partial charge in [-0.1, -0.05) is 0 Å². The van der Waals surface area contributed by atoms with Crippen LogP contribution in [0.3, 0.4) is 0 Å². The molecule has 1 N–H and O–H groups in total. The largest absolute Gasteiger partial charge is 0.378 e. The fourth-order valence-corrected chi connectivity index (χ4v) is 2.94. The summed E-state index contributed by atoms with van der Waals surface area (Å²) >= 11 is 0. The summed E-state index contributed by atoms with van der Waals surface area (Å²) in [5, 5.41) is 2.92. The molecule has 0 bridgehead atoms. The highest BCUT2D eigenvalue weighted by Crippen LogP contribution is 2.19. The molecule has 3 rings (SSSR count). The van der Waals surface area contributed by atoms with E-state index in [0.717, 1.165) is 43.0 Å². The number of piperidine rings is 1. The van der Waals surface area contributed by atoms with E-state index in [1.165, 1.54) is 6.42 Å². The lowest BCUT2D eigenvalue weighted by Gasteiger charge is -2.27. The molecule has 0 unspecified atom stereocenters. The molecule has 1 aromatic heterocycles. The van der Waals surface area contributed by atoms with Crippen molar-refractivity contribution in [1.82, 2.24) is 9.97 Å². The van der Waals surface area contributed by atoms with Gasteiger partial charge in [0.2, 0.25) is 5.95 Å². The van der Waals surface area contributed by atoms with Crippen LogP contribution in [0.4, 0.5) is 17.3 Å². The Balaban J connectivity index is 1.76. The lowest BCUT2D eigenvalue weighted by molar-refractivity contribution is 0.102. The highest BCUT2D eigenvalue weighted by molar-refractivity contribution is 6.03. The monoisotopic (exact) mass is 339 g/mol. The smallest absolute Gasteiger partial charge is 0.274 e. The highest BCUT2D eigenvalue weighted by atomic mass is 16.1. The molecule has 1 amide bonds. The number of aryl methyl sites for hydroxylation is 1. The molecule has 6 heteroatoms. The van der Waals surface area contributed by atoms with E-state index in [4.69, 9.17) is 0 Å². The first-order valence-electron chi connectivity index (χ1n) is 8.72. The Kier molecular flexibility index (Phi) is 5.16. The standard InChI is InChI=1S/C19H25N5O/c1-14-13-17(22-19(20-14)24-11-5-4-6-12-24)18(25)21-15-7-9-16(10-8-15)23(2)3/h7-10,13H,4-6,11-12H2,1-3H3,(H,21,25). The van der Waals surface area contributed by atoms with Crippen LogP contribution in [-0.4, -0.2) is 43.1 Å². The van der Waals surface area contributed by atoms with Crippen molar-refractivity contribution in [2.24, 2.45) is 0 Å². The van der Waals surface area contributed by atoms with E-state index in [-0.39, 0.29) is 5.91 Å². The third-order valence-electron chi connectivity index (χ3n) is 4.36. The fraction of sp³-hybridized carbons (Fsp3) is 0.421. The summed E-state index contributed by atoms with van der Waals surface area (Å²) in [6.07, 6.45) is 3.55. The zero-order valence-corrected chi connectivity index (χ0v) is 15.1. The number of anilines is 3. The lowest BCUT2D eigenvalue weighted by Crippen LogP contribution is -2.31. The minimum atomic E-state index is -0.207. The van der Waals surface area contributed by atoms with Crippen LogP contribution in [0, 0.1) is 6.92 Å². The van der Waals surface area contributed by atoms with Gasteiger partial charge in [0.1, 0.15) is 5.69 Å². The summed E-state index contributed by atoms with van der Waals surface area (Å²) in [4.78, 5) is 25.8. The van der Waals surface area contributed by atoms with Crippen LogP contribution in [0.15, 0.2) is 30.3 Å². The molecule has 1 aromatic carbocycles. The summed E-state index contributed by atoms with van der Waals surface area (Å²) in [6, 6.07) is 9.47. The van der Waals surface area contributed by atoms with Gasteiger partial charge < -0.3 is 15.1 Å². The number of hydrogen-bond donors (Lipinski definition) is 1. The molecule has 0 radical (unpaired) electrons. The van der Waals surface area contributed by atoms with E-state index in [1.54, 1.807) is 6.07 Å². The van der Waals surface area contributed by atoms with E-state index in [1.807, 2.05) is 50.2 Å². The van der Waals surface area contributed by atoms with Crippen LogP contribution in [0.5, 0.6) is 0 Å². The highest BCUT2D eigenvalue weighted by Gasteiger charge is 2.17. The minimum Gasteiger partial charge on any atom is -0.378 e. The predicted molar refractivity (Wildman–Crippen MR) is 102 cm³/mol. The molecule has 0 saturated carbocycles. The lowest BCUT2D eigenvalue weighted by atomic mass is 10.1.